The van der Waals surface area contributed by atoms with E-state index >= 15 is 0 Å². The summed E-state index contributed by atoms with van der Waals surface area (Å²) in [5.74, 6) is -1.55. The van der Waals surface area contributed by atoms with Crippen molar-refractivity contribution in [2.45, 2.75) is 111 Å². The predicted octanol–water partition coefficient (Wildman–Crippen LogP) is 4.48. The normalized spacial score (nSPS) is 37.5. The lowest BCUT2D eigenvalue weighted by atomic mass is 9.73. The molecule has 2 aliphatic rings. The van der Waals surface area contributed by atoms with Crippen molar-refractivity contribution in [3.63, 3.8) is 0 Å². The summed E-state index contributed by atoms with van der Waals surface area (Å²) < 4.78 is 11.9. The number of fused-ring (bicyclic) bond motifs is 1. The van der Waals surface area contributed by atoms with Crippen molar-refractivity contribution in [3.8, 4) is 0 Å². The molecule has 0 radical (unpaired) electrons. The first-order valence-electron chi connectivity index (χ1n) is 12.6. The molecule has 2 saturated heterocycles. The second-order valence-corrected chi connectivity index (χ2v) is 12.3. The first kappa shape index (κ1) is 28.0. The topological polar surface area (TPSA) is 109 Å². The molecule has 2 fully saturated rings. The van der Waals surface area contributed by atoms with Crippen LogP contribution in [0.2, 0.25) is 0 Å². The second kappa shape index (κ2) is 10.8. The number of nitrogens with zero attached hydrogens (tertiary/aromatic N) is 1. The van der Waals surface area contributed by atoms with E-state index in [1.165, 1.54) is 0 Å². The van der Waals surface area contributed by atoms with Crippen LogP contribution in [-0.2, 0) is 19.1 Å². The van der Waals surface area contributed by atoms with Crippen molar-refractivity contribution in [1.82, 2.24) is 4.98 Å². The monoisotopic (exact) mass is 507 g/mol. The van der Waals surface area contributed by atoms with Gasteiger partial charge >= 0.3 is 5.97 Å². The molecule has 2 N–H and O–H groups in total. The predicted molar refractivity (Wildman–Crippen MR) is 136 cm³/mol. The lowest BCUT2D eigenvalue weighted by Crippen LogP contribution is -2.45. The van der Waals surface area contributed by atoms with Crippen LogP contribution in [-0.4, -0.2) is 57.0 Å². The van der Waals surface area contributed by atoms with Crippen LogP contribution in [0.15, 0.2) is 11.0 Å². The SMILES string of the molecule is C/C(=C\c1csc(C)n1)[C@@H]1C[C@@H]2O[C@]2(C)CCCC(C)[C@H](O)[C@@H](C)C(=O)C(C)(C)[C@@H](O)CC(=O)O1. The second-order valence-electron chi connectivity index (χ2n) is 11.3. The molecule has 0 aliphatic carbocycles. The molecular formula is C27H41NO6S. The number of Topliss-reactive ketones (excluding diaryl/α,β-unsaturated/α-hetero) is 1. The molecule has 7 nitrogen and oxygen atoms in total. The number of esters is 1. The van der Waals surface area contributed by atoms with E-state index in [1.807, 2.05) is 32.2 Å². The molecule has 0 saturated carbocycles. The number of carbonyl (C=O) groups is 2. The van der Waals surface area contributed by atoms with E-state index in [1.54, 1.807) is 32.1 Å². The van der Waals surface area contributed by atoms with Crippen molar-refractivity contribution in [2.75, 3.05) is 0 Å². The maximum atomic E-state index is 13.2. The summed E-state index contributed by atoms with van der Waals surface area (Å²) in [6.07, 6.45) is 1.98. The van der Waals surface area contributed by atoms with Crippen molar-refractivity contribution in [2.24, 2.45) is 17.3 Å². The lowest BCUT2D eigenvalue weighted by Gasteiger charge is -2.34. The van der Waals surface area contributed by atoms with E-state index in [2.05, 4.69) is 11.9 Å². The third-order valence-electron chi connectivity index (χ3n) is 7.93. The maximum absolute atomic E-state index is 13.2. The van der Waals surface area contributed by atoms with Gasteiger partial charge in [0.15, 0.2) is 0 Å². The lowest BCUT2D eigenvalue weighted by molar-refractivity contribution is -0.154. The number of epoxide rings is 1. The Bertz CT molecular complexity index is 955. The third-order valence-corrected chi connectivity index (χ3v) is 8.72. The smallest absolute Gasteiger partial charge is 0.309 e. The molecule has 8 heteroatoms. The van der Waals surface area contributed by atoms with Crippen molar-refractivity contribution in [1.29, 1.82) is 0 Å². The Hall–Kier alpha value is -1.61. The Kier molecular flexibility index (Phi) is 8.62. The summed E-state index contributed by atoms with van der Waals surface area (Å²) in [5.41, 5.74) is 0.179. The van der Waals surface area contributed by atoms with Gasteiger partial charge in [-0.15, -0.1) is 11.3 Å². The van der Waals surface area contributed by atoms with Crippen LogP contribution in [0.3, 0.4) is 0 Å². The van der Waals surface area contributed by atoms with Gasteiger partial charge in [-0.1, -0.05) is 34.1 Å². The Balaban J connectivity index is 1.85. The van der Waals surface area contributed by atoms with Crippen LogP contribution in [0, 0.1) is 24.2 Å². The Labute approximate surface area is 212 Å². The summed E-state index contributed by atoms with van der Waals surface area (Å²) in [7, 11) is 0. The van der Waals surface area contributed by atoms with Crippen LogP contribution in [0.5, 0.6) is 0 Å². The molecule has 196 valence electrons. The molecule has 0 amide bonds. The number of ketones is 1. The van der Waals surface area contributed by atoms with Gasteiger partial charge < -0.3 is 19.7 Å². The van der Waals surface area contributed by atoms with Crippen LogP contribution in [0.4, 0.5) is 0 Å². The first-order valence-corrected chi connectivity index (χ1v) is 13.5. The number of thiazole rings is 1. The molecule has 7 atom stereocenters. The molecule has 0 aromatic carbocycles. The number of cyclic esters (lactones) is 1. The zero-order valence-electron chi connectivity index (χ0n) is 22.0. The van der Waals surface area contributed by atoms with Gasteiger partial charge in [-0.25, -0.2) is 4.98 Å². The summed E-state index contributed by atoms with van der Waals surface area (Å²) in [5, 5.41) is 24.6. The Morgan fingerprint density at radius 1 is 1.23 bits per heavy atom. The number of aliphatic hydroxyl groups excluding tert-OH is 2. The minimum atomic E-state index is -1.23. The highest BCUT2D eigenvalue weighted by Crippen LogP contribution is 2.45. The van der Waals surface area contributed by atoms with Gasteiger partial charge in [0, 0.05) is 17.7 Å². The fourth-order valence-corrected chi connectivity index (χ4v) is 5.64. The fourth-order valence-electron chi connectivity index (χ4n) is 5.07. The molecule has 0 bridgehead atoms. The number of ether oxygens (including phenoxy) is 2. The zero-order chi connectivity index (χ0) is 26.1. The van der Waals surface area contributed by atoms with E-state index in [0.29, 0.717) is 6.42 Å². The number of aromatic nitrogens is 1. The molecule has 3 heterocycles. The summed E-state index contributed by atoms with van der Waals surface area (Å²) in [6, 6.07) is 0. The van der Waals surface area contributed by atoms with Gasteiger partial charge in [-0.05, 0) is 51.2 Å². The fraction of sp³-hybridized carbons (Fsp3) is 0.741. The van der Waals surface area contributed by atoms with Gasteiger partial charge in [0.1, 0.15) is 11.9 Å². The molecule has 1 aromatic rings. The van der Waals surface area contributed by atoms with E-state index in [-0.39, 0.29) is 29.8 Å². The molecule has 35 heavy (non-hydrogen) atoms. The van der Waals surface area contributed by atoms with E-state index < -0.39 is 35.6 Å². The zero-order valence-corrected chi connectivity index (χ0v) is 22.9. The first-order chi connectivity index (χ1) is 16.2. The molecule has 3 rings (SSSR count). The average molecular weight is 508 g/mol. The third kappa shape index (κ3) is 6.59. The highest BCUT2D eigenvalue weighted by molar-refractivity contribution is 7.09. The number of hydrogen-bond donors (Lipinski definition) is 2. The Morgan fingerprint density at radius 3 is 2.54 bits per heavy atom. The van der Waals surface area contributed by atoms with Crippen molar-refractivity contribution in [3.05, 3.63) is 21.7 Å². The maximum Gasteiger partial charge on any atom is 0.309 e. The van der Waals surface area contributed by atoms with Crippen molar-refractivity contribution < 1.29 is 29.3 Å². The van der Waals surface area contributed by atoms with E-state index in [0.717, 1.165) is 35.5 Å². The standard InChI is InChI=1S/C27H41NO6S/c1-15-9-8-10-27(7)22(34-27)12-20(16(2)11-19-14-35-18(4)28-19)33-23(30)13-21(29)26(5,6)25(32)17(3)24(15)31/h11,14-15,17,20-22,24,29,31H,8-10,12-13H2,1-7H3/b16-11+/t15?,17-,20+,21+,22+,24+,27-/m1/s1. The van der Waals surface area contributed by atoms with Crippen molar-refractivity contribution >= 4 is 29.2 Å². The highest BCUT2D eigenvalue weighted by atomic mass is 32.1. The summed E-state index contributed by atoms with van der Waals surface area (Å²) >= 11 is 1.56. The van der Waals surface area contributed by atoms with Crippen LogP contribution >= 0.6 is 11.3 Å². The molecule has 1 aromatic heterocycles. The Morgan fingerprint density at radius 2 is 1.91 bits per heavy atom. The quantitative estimate of drug-likeness (QED) is 0.449. The van der Waals surface area contributed by atoms with E-state index in [9.17, 15) is 19.8 Å². The number of rotatable bonds is 2. The number of carbonyl (C=O) groups excluding carboxylic acids is 2. The highest BCUT2D eigenvalue weighted by Gasteiger charge is 2.53. The van der Waals surface area contributed by atoms with Gasteiger partial charge in [0.2, 0.25) is 0 Å². The van der Waals surface area contributed by atoms with E-state index in [4.69, 9.17) is 9.47 Å². The van der Waals surface area contributed by atoms with Crippen LogP contribution in [0.25, 0.3) is 6.08 Å². The van der Waals surface area contributed by atoms with Crippen LogP contribution < -0.4 is 0 Å². The summed E-state index contributed by atoms with van der Waals surface area (Å²) in [4.78, 5) is 30.6. The molecule has 0 spiro atoms. The minimum absolute atomic E-state index is 0.0455. The molecular weight excluding hydrogens is 466 g/mol. The van der Waals surface area contributed by atoms with Gasteiger partial charge in [-0.2, -0.15) is 0 Å². The molecule has 1 unspecified atom stereocenters. The minimum Gasteiger partial charge on any atom is -0.458 e. The van der Waals surface area contributed by atoms with Gasteiger partial charge in [0.25, 0.3) is 0 Å². The molecule has 2 aliphatic heterocycles. The summed E-state index contributed by atoms with van der Waals surface area (Å²) in [6.45, 7) is 12.8. The van der Waals surface area contributed by atoms with Crippen LogP contribution in [0.1, 0.15) is 84.3 Å². The number of hydrogen-bond acceptors (Lipinski definition) is 8. The largest absolute Gasteiger partial charge is 0.458 e. The van der Waals surface area contributed by atoms with Gasteiger partial charge in [0.05, 0.1) is 46.5 Å². The van der Waals surface area contributed by atoms with Gasteiger partial charge in [-0.3, -0.25) is 9.59 Å². The number of aryl methyl sites for hydroxylation is 1. The number of aliphatic hydroxyl groups is 2. The average Bonchev–Trinajstić information content (AvgIpc) is 3.22.